The van der Waals surface area contributed by atoms with Crippen molar-refractivity contribution in [2.24, 2.45) is 0 Å². The van der Waals surface area contributed by atoms with E-state index in [1.54, 1.807) is 0 Å². The van der Waals surface area contributed by atoms with Crippen LogP contribution in [0.4, 0.5) is 92.2 Å². The molecule has 0 unspecified atom stereocenters. The first-order valence-corrected chi connectivity index (χ1v) is 7.72. The molecule has 0 rings (SSSR count). The monoisotopic (exact) mass is 640 g/mol. The third kappa shape index (κ3) is 3.65. The Balaban J connectivity index is 7.00. The summed E-state index contributed by atoms with van der Waals surface area (Å²) in [5.41, 5.74) is 0. The average Bonchev–Trinajstić information content (AvgIpc) is 2.51. The summed E-state index contributed by atoms with van der Waals surface area (Å²) in [4.78, 5) is 0. The van der Waals surface area contributed by atoms with Crippen LogP contribution in [-0.4, -0.2) is 80.4 Å². The van der Waals surface area contributed by atoms with Gasteiger partial charge in [-0.25, -0.2) is 0 Å². The molecular weight excluding hydrogens is 641 g/mol. The maximum atomic E-state index is 13.2. The van der Waals surface area contributed by atoms with Crippen LogP contribution in [0.15, 0.2) is 0 Å². The summed E-state index contributed by atoms with van der Waals surface area (Å²) in [5.74, 6) is -69.6. The average molecular weight is 641 g/mol. The van der Waals surface area contributed by atoms with Crippen molar-refractivity contribution >= 4 is 23.0 Å². The van der Waals surface area contributed by atoms with Crippen molar-refractivity contribution < 1.29 is 92.2 Å². The van der Waals surface area contributed by atoms with Crippen molar-refractivity contribution in [3.63, 3.8) is 0 Å². The van der Waals surface area contributed by atoms with E-state index in [-0.39, 0.29) is 0 Å². The van der Waals surface area contributed by atoms with Crippen LogP contribution in [-0.2, 0) is 0 Å². The van der Waals surface area contributed by atoms with Gasteiger partial charge in [0.15, 0.2) is 0 Å². The van der Waals surface area contributed by atoms with Crippen LogP contribution in [0.1, 0.15) is 0 Å². The van der Waals surface area contributed by atoms with Gasteiger partial charge in [0.05, 0.1) is 0 Å². The topological polar surface area (TPSA) is 0 Å². The number of alkyl halides is 21. The molecule has 32 heavy (non-hydrogen) atoms. The van der Waals surface area contributed by atoms with Gasteiger partial charge < -0.3 is 0 Å². The summed E-state index contributed by atoms with van der Waals surface area (Å²) in [7, 11) is 0. The van der Waals surface area contributed by atoms with Crippen molar-refractivity contribution in [1.29, 1.82) is 0 Å². The van der Waals surface area contributed by atoms with Gasteiger partial charge >= 0.3 is 173 Å². The SMILES string of the molecule is FC(F)(F)C(F)(F)C(F)(F)C(F)(F)C(F)(F)C(F)(F)C(F)(F)C(F)(F)C(F)(F)[C](F)(F)[Sb]. The third-order valence-corrected chi connectivity index (χ3v) is 4.30. The fourth-order valence-corrected chi connectivity index (χ4v) is 1.95. The van der Waals surface area contributed by atoms with Crippen LogP contribution in [0.3, 0.4) is 0 Å². The molecule has 0 aromatic rings. The van der Waals surface area contributed by atoms with Crippen LogP contribution >= 0.6 is 0 Å². The number of hydrogen-bond acceptors (Lipinski definition) is 0. The zero-order chi connectivity index (χ0) is 27.0. The normalized spacial score (nSPS) is 17.1. The van der Waals surface area contributed by atoms with Crippen molar-refractivity contribution in [1.82, 2.24) is 0 Å². The second-order valence-electron chi connectivity index (χ2n) is 5.63. The number of halogens is 21. The standard InChI is InChI=1S/C10F21.Sb/c11-1(12)2(13,14)3(15,16)4(17,18)5(19,20)6(21,22)7(23,24)8(25,26)9(27,28)10(29,30)31;. The van der Waals surface area contributed by atoms with Crippen LogP contribution in [0.25, 0.3) is 0 Å². The number of hydrogen-bond donors (Lipinski definition) is 0. The molecule has 0 saturated carbocycles. The quantitative estimate of drug-likeness (QED) is 0.213. The molecule has 0 saturated heterocycles. The van der Waals surface area contributed by atoms with Gasteiger partial charge in [-0.2, -0.15) is 0 Å². The van der Waals surface area contributed by atoms with Crippen molar-refractivity contribution in [2.45, 2.75) is 57.4 Å². The second-order valence-corrected chi connectivity index (χ2v) is 7.24. The summed E-state index contributed by atoms with van der Waals surface area (Å²) >= 11 is -1.84. The minimum atomic E-state index is -9.12. The molecule has 192 valence electrons. The molecule has 0 amide bonds. The van der Waals surface area contributed by atoms with E-state index in [9.17, 15) is 92.2 Å². The molecular formula is C10F21Sb. The predicted molar refractivity (Wildman–Crippen MR) is 56.3 cm³/mol. The van der Waals surface area contributed by atoms with E-state index in [1.807, 2.05) is 0 Å². The second kappa shape index (κ2) is 7.42. The molecule has 0 aromatic heterocycles. The Morgan fingerprint density at radius 1 is 0.250 bits per heavy atom. The van der Waals surface area contributed by atoms with Gasteiger partial charge in [0, 0.05) is 0 Å². The van der Waals surface area contributed by atoms with E-state index < -0.39 is 80.4 Å². The molecule has 0 atom stereocenters. The van der Waals surface area contributed by atoms with Crippen LogP contribution in [0, 0.1) is 0 Å². The molecule has 0 fully saturated rings. The molecule has 0 bridgehead atoms. The summed E-state index contributed by atoms with van der Waals surface area (Å²) < 4.78 is 262. The third-order valence-electron chi connectivity index (χ3n) is 3.49. The van der Waals surface area contributed by atoms with Gasteiger partial charge in [0.1, 0.15) is 0 Å². The molecule has 0 N–H and O–H groups in total. The first-order valence-electron chi connectivity index (χ1n) is 6.44. The first kappa shape index (κ1) is 31.3. The molecule has 0 aliphatic rings. The van der Waals surface area contributed by atoms with Gasteiger partial charge in [-0.15, -0.1) is 0 Å². The van der Waals surface area contributed by atoms with E-state index in [1.165, 1.54) is 0 Å². The Labute approximate surface area is 173 Å². The Morgan fingerprint density at radius 2 is 0.406 bits per heavy atom. The van der Waals surface area contributed by atoms with E-state index in [2.05, 4.69) is 0 Å². The molecule has 0 spiro atoms. The van der Waals surface area contributed by atoms with Crippen LogP contribution in [0.5, 0.6) is 0 Å². The maximum absolute atomic E-state index is 13.2. The van der Waals surface area contributed by atoms with Gasteiger partial charge in [-0.3, -0.25) is 0 Å². The zero-order valence-electron chi connectivity index (χ0n) is 13.4. The minimum absolute atomic E-state index is 1.84. The molecule has 0 heterocycles. The fraction of sp³-hybridized carbons (Fsp3) is 1.00. The summed E-state index contributed by atoms with van der Waals surface area (Å²) in [6.07, 6.45) is -7.98. The fourth-order valence-electron chi connectivity index (χ4n) is 1.55. The Morgan fingerprint density at radius 3 is 0.562 bits per heavy atom. The Bertz CT molecular complexity index is 632. The van der Waals surface area contributed by atoms with E-state index in [4.69, 9.17) is 0 Å². The van der Waals surface area contributed by atoms with Crippen LogP contribution < -0.4 is 0 Å². The van der Waals surface area contributed by atoms with Gasteiger partial charge in [0.25, 0.3) is 0 Å². The van der Waals surface area contributed by atoms with Gasteiger partial charge in [-0.05, 0) is 0 Å². The van der Waals surface area contributed by atoms with Crippen molar-refractivity contribution in [3.8, 4) is 0 Å². The number of rotatable bonds is 8. The summed E-state index contributed by atoms with van der Waals surface area (Å²) in [6, 6.07) is 0. The van der Waals surface area contributed by atoms with Gasteiger partial charge in [0.2, 0.25) is 0 Å². The molecule has 0 aliphatic carbocycles. The van der Waals surface area contributed by atoms with E-state index in [0.29, 0.717) is 0 Å². The van der Waals surface area contributed by atoms with Gasteiger partial charge in [-0.1, -0.05) is 0 Å². The molecule has 22 heteroatoms. The molecule has 0 aliphatic heterocycles. The Hall–Kier alpha value is -0.652. The van der Waals surface area contributed by atoms with Crippen molar-refractivity contribution in [3.05, 3.63) is 0 Å². The summed E-state index contributed by atoms with van der Waals surface area (Å²) in [6.45, 7) is 0. The zero-order valence-corrected chi connectivity index (χ0v) is 15.9. The molecule has 2 radical (unpaired) electrons. The van der Waals surface area contributed by atoms with Crippen LogP contribution in [0.2, 0.25) is 0 Å². The first-order chi connectivity index (χ1) is 13.2. The summed E-state index contributed by atoms with van der Waals surface area (Å²) in [5, 5.41) is 0. The Kier molecular flexibility index (Phi) is 7.27. The molecule has 0 aromatic carbocycles. The predicted octanol–water partition coefficient (Wildman–Crippen LogP) is 6.39. The van der Waals surface area contributed by atoms with Crippen molar-refractivity contribution in [2.75, 3.05) is 0 Å². The van der Waals surface area contributed by atoms with E-state index >= 15 is 0 Å². The molecule has 0 nitrogen and oxygen atoms in total. The van der Waals surface area contributed by atoms with E-state index in [0.717, 1.165) is 0 Å².